The maximum Gasteiger partial charge on any atom is 0.126 e. The maximum atomic E-state index is 5.60. The summed E-state index contributed by atoms with van der Waals surface area (Å²) < 4.78 is 5.59. The number of pyridine rings is 1. The molecule has 86 valence electrons. The first-order valence-electron chi connectivity index (χ1n) is 5.53. The second kappa shape index (κ2) is 3.97. The van der Waals surface area contributed by atoms with E-state index in [-0.39, 0.29) is 6.04 Å². The van der Waals surface area contributed by atoms with Gasteiger partial charge in [-0.25, -0.2) is 4.98 Å². The van der Waals surface area contributed by atoms with E-state index in [9.17, 15) is 0 Å². The number of hydrogen-bond acceptors (Lipinski definition) is 4. The number of nitrogen functional groups attached to an aromatic ring is 1. The minimum absolute atomic E-state index is 0.155. The van der Waals surface area contributed by atoms with Gasteiger partial charge in [0.25, 0.3) is 0 Å². The Balaban J connectivity index is 1.81. The van der Waals surface area contributed by atoms with Crippen LogP contribution in [0, 0.1) is 0 Å². The van der Waals surface area contributed by atoms with Gasteiger partial charge in [-0.1, -0.05) is 18.2 Å². The molecule has 3 rings (SSSR count). The average Bonchev–Trinajstić information content (AvgIpc) is 2.76. The summed E-state index contributed by atoms with van der Waals surface area (Å²) >= 11 is 0. The second-order valence-electron chi connectivity index (χ2n) is 4.02. The van der Waals surface area contributed by atoms with Crippen LogP contribution in [0.25, 0.3) is 0 Å². The van der Waals surface area contributed by atoms with Gasteiger partial charge in [-0.3, -0.25) is 0 Å². The lowest BCUT2D eigenvalue weighted by atomic mass is 10.1. The molecular weight excluding hydrogens is 214 g/mol. The third-order valence-electron chi connectivity index (χ3n) is 2.81. The van der Waals surface area contributed by atoms with Gasteiger partial charge < -0.3 is 15.8 Å². The van der Waals surface area contributed by atoms with Gasteiger partial charge in [-0.15, -0.1) is 0 Å². The smallest absolute Gasteiger partial charge is 0.126 e. The topological polar surface area (TPSA) is 60.2 Å². The Morgan fingerprint density at radius 2 is 2.12 bits per heavy atom. The van der Waals surface area contributed by atoms with Crippen LogP contribution in [-0.2, 0) is 0 Å². The van der Waals surface area contributed by atoms with Gasteiger partial charge in [0.15, 0.2) is 0 Å². The zero-order valence-corrected chi connectivity index (χ0v) is 9.26. The first-order valence-corrected chi connectivity index (χ1v) is 5.53. The number of aromatic nitrogens is 1. The van der Waals surface area contributed by atoms with E-state index in [1.54, 1.807) is 6.20 Å². The van der Waals surface area contributed by atoms with Gasteiger partial charge in [-0.05, 0) is 18.2 Å². The van der Waals surface area contributed by atoms with Crippen LogP contribution in [0.1, 0.15) is 11.6 Å². The van der Waals surface area contributed by atoms with Crippen LogP contribution in [0.4, 0.5) is 11.5 Å². The summed E-state index contributed by atoms with van der Waals surface area (Å²) in [6, 6.07) is 11.9. The van der Waals surface area contributed by atoms with Crippen LogP contribution in [0.3, 0.4) is 0 Å². The molecule has 2 aromatic rings. The van der Waals surface area contributed by atoms with E-state index in [2.05, 4.69) is 16.4 Å². The number of nitrogens with one attached hydrogen (secondary N) is 1. The molecule has 1 aromatic heterocycles. The molecule has 1 aromatic carbocycles. The van der Waals surface area contributed by atoms with Crippen molar-refractivity contribution in [3.05, 3.63) is 48.2 Å². The van der Waals surface area contributed by atoms with Gasteiger partial charge in [0.2, 0.25) is 0 Å². The minimum atomic E-state index is 0.155. The number of para-hydroxylation sites is 1. The van der Waals surface area contributed by atoms with Crippen molar-refractivity contribution in [3.63, 3.8) is 0 Å². The van der Waals surface area contributed by atoms with Crippen LogP contribution < -0.4 is 15.8 Å². The molecule has 1 atom stereocenters. The van der Waals surface area contributed by atoms with Gasteiger partial charge in [0, 0.05) is 5.56 Å². The number of fused-ring (bicyclic) bond motifs is 1. The Kier molecular flexibility index (Phi) is 2.33. The zero-order valence-electron chi connectivity index (χ0n) is 9.26. The molecule has 3 N–H and O–H groups in total. The summed E-state index contributed by atoms with van der Waals surface area (Å²) in [6.45, 7) is 0.630. The molecule has 0 saturated heterocycles. The molecule has 1 aliphatic heterocycles. The lowest BCUT2D eigenvalue weighted by molar-refractivity contribution is 0.339. The van der Waals surface area contributed by atoms with Crippen molar-refractivity contribution in [3.8, 4) is 5.75 Å². The standard InChI is InChI=1S/C13H13N3O/c14-9-5-6-13(15-7-9)16-11-8-17-12-4-2-1-3-10(11)12/h1-7,11H,8,14H2,(H,15,16). The fraction of sp³-hybridized carbons (Fsp3) is 0.154. The molecule has 0 saturated carbocycles. The predicted molar refractivity (Wildman–Crippen MR) is 67.0 cm³/mol. The van der Waals surface area contributed by atoms with Gasteiger partial charge in [0.05, 0.1) is 17.9 Å². The normalized spacial score (nSPS) is 17.3. The van der Waals surface area contributed by atoms with Gasteiger partial charge in [0.1, 0.15) is 18.2 Å². The van der Waals surface area contributed by atoms with Gasteiger partial charge in [-0.2, -0.15) is 0 Å². The van der Waals surface area contributed by atoms with Crippen LogP contribution in [0.5, 0.6) is 5.75 Å². The van der Waals surface area contributed by atoms with E-state index in [4.69, 9.17) is 10.5 Å². The van der Waals surface area contributed by atoms with Crippen molar-refractivity contribution in [1.29, 1.82) is 0 Å². The fourth-order valence-electron chi connectivity index (χ4n) is 1.95. The molecule has 0 spiro atoms. The predicted octanol–water partition coefficient (Wildman–Crippen LogP) is 2.21. The Morgan fingerprint density at radius 1 is 1.24 bits per heavy atom. The first-order chi connectivity index (χ1) is 8.33. The highest BCUT2D eigenvalue weighted by Crippen LogP contribution is 2.33. The summed E-state index contributed by atoms with van der Waals surface area (Å²) in [5, 5.41) is 3.33. The average molecular weight is 227 g/mol. The molecule has 1 aliphatic rings. The second-order valence-corrected chi connectivity index (χ2v) is 4.02. The molecule has 4 nitrogen and oxygen atoms in total. The summed E-state index contributed by atoms with van der Waals surface area (Å²) in [5.41, 5.74) is 7.43. The highest BCUT2D eigenvalue weighted by Gasteiger charge is 2.23. The molecule has 17 heavy (non-hydrogen) atoms. The molecular formula is C13H13N3O. The minimum Gasteiger partial charge on any atom is -0.491 e. The molecule has 0 amide bonds. The number of nitrogens with zero attached hydrogens (tertiary/aromatic N) is 1. The van der Waals surface area contributed by atoms with Crippen molar-refractivity contribution < 1.29 is 4.74 Å². The summed E-state index contributed by atoms with van der Waals surface area (Å²) in [4.78, 5) is 4.22. The largest absolute Gasteiger partial charge is 0.491 e. The third kappa shape index (κ3) is 1.89. The van der Waals surface area contributed by atoms with Crippen LogP contribution in [-0.4, -0.2) is 11.6 Å². The molecule has 0 fully saturated rings. The lowest BCUT2D eigenvalue weighted by Crippen LogP contribution is -2.12. The van der Waals surface area contributed by atoms with Crippen LogP contribution in [0.2, 0.25) is 0 Å². The molecule has 2 heterocycles. The summed E-state index contributed by atoms with van der Waals surface area (Å²) in [6.07, 6.45) is 1.64. The molecule has 0 bridgehead atoms. The van der Waals surface area contributed by atoms with E-state index >= 15 is 0 Å². The Bertz CT molecular complexity index is 524. The number of hydrogen-bond donors (Lipinski definition) is 2. The monoisotopic (exact) mass is 227 g/mol. The number of nitrogens with two attached hydrogens (primary N) is 1. The van der Waals surface area contributed by atoms with Crippen molar-refractivity contribution in [2.45, 2.75) is 6.04 Å². The number of rotatable bonds is 2. The van der Waals surface area contributed by atoms with Crippen molar-refractivity contribution in [2.75, 3.05) is 17.7 Å². The van der Waals surface area contributed by atoms with E-state index in [1.807, 2.05) is 30.3 Å². The van der Waals surface area contributed by atoms with Crippen LogP contribution in [0.15, 0.2) is 42.6 Å². The molecule has 4 heteroatoms. The van der Waals surface area contributed by atoms with E-state index in [0.717, 1.165) is 11.6 Å². The quantitative estimate of drug-likeness (QED) is 0.825. The Labute approximate surface area is 99.4 Å². The Hall–Kier alpha value is -2.23. The van der Waals surface area contributed by atoms with Crippen molar-refractivity contribution in [1.82, 2.24) is 4.98 Å². The van der Waals surface area contributed by atoms with E-state index in [0.29, 0.717) is 12.3 Å². The maximum absolute atomic E-state index is 5.60. The zero-order chi connectivity index (χ0) is 11.7. The van der Waals surface area contributed by atoms with E-state index < -0.39 is 0 Å². The fourth-order valence-corrected chi connectivity index (χ4v) is 1.95. The van der Waals surface area contributed by atoms with Crippen LogP contribution >= 0.6 is 0 Å². The third-order valence-corrected chi connectivity index (χ3v) is 2.81. The van der Waals surface area contributed by atoms with Crippen molar-refractivity contribution >= 4 is 11.5 Å². The molecule has 1 unspecified atom stereocenters. The van der Waals surface area contributed by atoms with E-state index in [1.165, 1.54) is 5.56 Å². The highest BCUT2D eigenvalue weighted by molar-refractivity contribution is 5.48. The molecule has 0 aliphatic carbocycles. The summed E-state index contributed by atoms with van der Waals surface area (Å²) in [5.74, 6) is 1.75. The number of benzene rings is 1. The highest BCUT2D eigenvalue weighted by atomic mass is 16.5. The van der Waals surface area contributed by atoms with Crippen molar-refractivity contribution in [2.24, 2.45) is 0 Å². The lowest BCUT2D eigenvalue weighted by Gasteiger charge is -2.12. The SMILES string of the molecule is Nc1ccc(NC2COc3ccccc32)nc1. The molecule has 0 radical (unpaired) electrons. The number of ether oxygens (including phenoxy) is 1. The Morgan fingerprint density at radius 3 is 2.94 bits per heavy atom. The van der Waals surface area contributed by atoms with Gasteiger partial charge >= 0.3 is 0 Å². The summed E-state index contributed by atoms with van der Waals surface area (Å²) in [7, 11) is 0. The first kappa shape index (κ1) is 9.96. The number of anilines is 2.